The van der Waals surface area contributed by atoms with Crippen LogP contribution in [0.1, 0.15) is 27.7 Å². The van der Waals surface area contributed by atoms with Crippen LogP contribution in [0.4, 0.5) is 0 Å². The fourth-order valence-corrected chi connectivity index (χ4v) is 1.50. The Morgan fingerprint density at radius 2 is 1.75 bits per heavy atom. The molecule has 5 heteroatoms. The molecule has 0 spiro atoms. The number of primary amides is 1. The lowest BCUT2D eigenvalue weighted by atomic mass is 10.1. The predicted molar refractivity (Wildman–Crippen MR) is 68.2 cm³/mol. The maximum absolute atomic E-state index is 12.0. The molecule has 2 amide bonds. The number of thiol groups is 1. The zero-order valence-electron chi connectivity index (χ0n) is 10.4. The number of rotatable bonds is 6. The molecule has 0 saturated carbocycles. The molecular weight excluding hydrogens is 224 g/mol. The standard InChI is InChI=1S/C11H22N2O2S/c1-7(2)5-13(6-9(12)14)11(15)10(16)8(3)4/h7-8,10,16H,5-6H2,1-4H3,(H2,12,14). The highest BCUT2D eigenvalue weighted by molar-refractivity contribution is 7.81. The first-order valence-electron chi connectivity index (χ1n) is 5.50. The van der Waals surface area contributed by atoms with Gasteiger partial charge in [0, 0.05) is 6.54 Å². The Morgan fingerprint density at radius 1 is 1.25 bits per heavy atom. The van der Waals surface area contributed by atoms with Crippen LogP contribution in [0.3, 0.4) is 0 Å². The van der Waals surface area contributed by atoms with Crippen LogP contribution in [0.25, 0.3) is 0 Å². The lowest BCUT2D eigenvalue weighted by Crippen LogP contribution is -2.45. The second-order valence-corrected chi connectivity index (χ2v) is 5.32. The first-order chi connectivity index (χ1) is 7.25. The van der Waals surface area contributed by atoms with E-state index < -0.39 is 5.91 Å². The van der Waals surface area contributed by atoms with Gasteiger partial charge in [0.1, 0.15) is 0 Å². The van der Waals surface area contributed by atoms with Crippen molar-refractivity contribution in [3.8, 4) is 0 Å². The van der Waals surface area contributed by atoms with E-state index in [0.29, 0.717) is 12.5 Å². The molecule has 0 aromatic rings. The van der Waals surface area contributed by atoms with Gasteiger partial charge in [-0.15, -0.1) is 0 Å². The fraction of sp³-hybridized carbons (Fsp3) is 0.818. The van der Waals surface area contributed by atoms with E-state index in [9.17, 15) is 9.59 Å². The van der Waals surface area contributed by atoms with Gasteiger partial charge in [-0.3, -0.25) is 9.59 Å². The van der Waals surface area contributed by atoms with Crippen molar-refractivity contribution in [2.24, 2.45) is 17.6 Å². The minimum Gasteiger partial charge on any atom is -0.368 e. The first-order valence-corrected chi connectivity index (χ1v) is 6.02. The highest BCUT2D eigenvalue weighted by Crippen LogP contribution is 2.13. The zero-order chi connectivity index (χ0) is 12.9. The lowest BCUT2D eigenvalue weighted by Gasteiger charge is -2.27. The Balaban J connectivity index is 4.61. The van der Waals surface area contributed by atoms with Crippen LogP contribution in [0.15, 0.2) is 0 Å². The Labute approximate surface area is 103 Å². The van der Waals surface area contributed by atoms with Crippen molar-refractivity contribution in [3.63, 3.8) is 0 Å². The topological polar surface area (TPSA) is 63.4 Å². The van der Waals surface area contributed by atoms with Crippen LogP contribution in [0, 0.1) is 11.8 Å². The molecular formula is C11H22N2O2S. The smallest absolute Gasteiger partial charge is 0.237 e. The third-order valence-electron chi connectivity index (χ3n) is 2.13. The van der Waals surface area contributed by atoms with Crippen LogP contribution >= 0.6 is 12.6 Å². The van der Waals surface area contributed by atoms with Crippen molar-refractivity contribution < 1.29 is 9.59 Å². The summed E-state index contributed by atoms with van der Waals surface area (Å²) < 4.78 is 0. The van der Waals surface area contributed by atoms with Gasteiger partial charge in [-0.1, -0.05) is 27.7 Å². The largest absolute Gasteiger partial charge is 0.368 e. The normalized spacial score (nSPS) is 12.9. The van der Waals surface area contributed by atoms with Crippen LogP contribution < -0.4 is 5.73 Å². The minimum atomic E-state index is -0.488. The second-order valence-electron chi connectivity index (χ2n) is 4.77. The molecule has 1 unspecified atom stereocenters. The zero-order valence-corrected chi connectivity index (χ0v) is 11.3. The highest BCUT2D eigenvalue weighted by atomic mass is 32.1. The van der Waals surface area contributed by atoms with E-state index in [0.717, 1.165) is 0 Å². The van der Waals surface area contributed by atoms with Gasteiger partial charge in [-0.2, -0.15) is 12.6 Å². The summed E-state index contributed by atoms with van der Waals surface area (Å²) in [6.07, 6.45) is 0. The van der Waals surface area contributed by atoms with Gasteiger partial charge in [-0.05, 0) is 11.8 Å². The maximum atomic E-state index is 12.0. The van der Waals surface area contributed by atoms with Crippen molar-refractivity contribution in [1.82, 2.24) is 4.90 Å². The summed E-state index contributed by atoms with van der Waals surface area (Å²) in [5.41, 5.74) is 5.13. The SMILES string of the molecule is CC(C)CN(CC(N)=O)C(=O)C(S)C(C)C. The summed E-state index contributed by atoms with van der Waals surface area (Å²) in [4.78, 5) is 24.4. The van der Waals surface area contributed by atoms with Crippen molar-refractivity contribution in [2.45, 2.75) is 32.9 Å². The summed E-state index contributed by atoms with van der Waals surface area (Å²) in [7, 11) is 0. The molecule has 16 heavy (non-hydrogen) atoms. The molecule has 1 atom stereocenters. The third-order valence-corrected chi connectivity index (χ3v) is 2.95. The Kier molecular flexibility index (Phi) is 6.48. The summed E-state index contributed by atoms with van der Waals surface area (Å²) in [5, 5.41) is -0.377. The van der Waals surface area contributed by atoms with E-state index in [1.807, 2.05) is 27.7 Å². The lowest BCUT2D eigenvalue weighted by molar-refractivity contribution is -0.135. The predicted octanol–water partition coefficient (Wildman–Crippen LogP) is 0.911. The number of carbonyl (C=O) groups excluding carboxylic acids is 2. The maximum Gasteiger partial charge on any atom is 0.237 e. The minimum absolute atomic E-state index is 0.0270. The van der Waals surface area contributed by atoms with E-state index in [4.69, 9.17) is 5.73 Å². The van der Waals surface area contributed by atoms with E-state index in [2.05, 4.69) is 12.6 Å². The molecule has 0 aliphatic carbocycles. The van der Waals surface area contributed by atoms with Crippen molar-refractivity contribution in [1.29, 1.82) is 0 Å². The summed E-state index contributed by atoms with van der Waals surface area (Å²) in [5.74, 6) is -0.168. The summed E-state index contributed by atoms with van der Waals surface area (Å²) >= 11 is 4.26. The molecule has 4 nitrogen and oxygen atoms in total. The van der Waals surface area contributed by atoms with E-state index in [1.165, 1.54) is 4.90 Å². The third kappa shape index (κ3) is 5.39. The van der Waals surface area contributed by atoms with Crippen LogP contribution in [-0.4, -0.2) is 35.1 Å². The number of amides is 2. The van der Waals surface area contributed by atoms with Gasteiger partial charge in [0.05, 0.1) is 11.8 Å². The van der Waals surface area contributed by atoms with Gasteiger partial charge in [-0.25, -0.2) is 0 Å². The van der Waals surface area contributed by atoms with Gasteiger partial charge in [0.25, 0.3) is 0 Å². The van der Waals surface area contributed by atoms with Crippen LogP contribution in [0.2, 0.25) is 0 Å². The Bertz CT molecular complexity index is 254. The Morgan fingerprint density at radius 3 is 2.06 bits per heavy atom. The van der Waals surface area contributed by atoms with Gasteiger partial charge in [0.15, 0.2) is 0 Å². The Hall–Kier alpha value is -0.710. The number of carbonyl (C=O) groups is 2. The number of hydrogen-bond acceptors (Lipinski definition) is 3. The van der Waals surface area contributed by atoms with Gasteiger partial charge >= 0.3 is 0 Å². The summed E-state index contributed by atoms with van der Waals surface area (Å²) in [6.45, 7) is 8.33. The highest BCUT2D eigenvalue weighted by Gasteiger charge is 2.25. The van der Waals surface area contributed by atoms with Gasteiger partial charge in [0.2, 0.25) is 11.8 Å². The number of hydrogen-bond donors (Lipinski definition) is 2. The van der Waals surface area contributed by atoms with E-state index >= 15 is 0 Å². The number of nitrogens with two attached hydrogens (primary N) is 1. The van der Waals surface area contributed by atoms with E-state index in [-0.39, 0.29) is 23.6 Å². The molecule has 94 valence electrons. The average molecular weight is 246 g/mol. The molecule has 0 radical (unpaired) electrons. The quantitative estimate of drug-likeness (QED) is 0.684. The van der Waals surface area contributed by atoms with Crippen LogP contribution in [0.5, 0.6) is 0 Å². The summed E-state index contributed by atoms with van der Waals surface area (Å²) in [6, 6.07) is 0. The second kappa shape index (κ2) is 6.78. The average Bonchev–Trinajstić information content (AvgIpc) is 2.12. The molecule has 0 heterocycles. The molecule has 2 N–H and O–H groups in total. The number of nitrogens with zero attached hydrogens (tertiary/aromatic N) is 1. The van der Waals surface area contributed by atoms with Crippen LogP contribution in [-0.2, 0) is 9.59 Å². The molecule has 0 fully saturated rings. The molecule has 0 aromatic carbocycles. The molecule has 0 aliphatic heterocycles. The van der Waals surface area contributed by atoms with Crippen molar-refractivity contribution >= 4 is 24.4 Å². The molecule has 0 aliphatic rings. The monoisotopic (exact) mass is 246 g/mol. The van der Waals surface area contributed by atoms with E-state index in [1.54, 1.807) is 0 Å². The van der Waals surface area contributed by atoms with Gasteiger partial charge < -0.3 is 10.6 Å². The molecule has 0 aromatic heterocycles. The fourth-order valence-electron chi connectivity index (χ4n) is 1.33. The first kappa shape index (κ1) is 15.3. The van der Waals surface area contributed by atoms with Crippen molar-refractivity contribution in [3.05, 3.63) is 0 Å². The molecule has 0 rings (SSSR count). The molecule has 0 saturated heterocycles. The molecule has 0 bridgehead atoms. The van der Waals surface area contributed by atoms with Crippen molar-refractivity contribution in [2.75, 3.05) is 13.1 Å².